The van der Waals surface area contributed by atoms with E-state index in [-0.39, 0.29) is 11.8 Å². The van der Waals surface area contributed by atoms with Crippen LogP contribution in [0.15, 0.2) is 54.6 Å². The molecule has 2 aromatic carbocycles. The molecule has 2 nitrogen and oxygen atoms in total. The zero-order valence-electron chi connectivity index (χ0n) is 11.5. The van der Waals surface area contributed by atoms with Gasteiger partial charge in [0.2, 0.25) is 5.91 Å². The number of nitrogens with one attached hydrogen (secondary N) is 1. The first kappa shape index (κ1) is 14.6. The molecule has 2 aromatic rings. The van der Waals surface area contributed by atoms with Crippen LogP contribution in [-0.2, 0) is 11.3 Å². The Hall–Kier alpha value is -1.80. The van der Waals surface area contributed by atoms with Crippen molar-refractivity contribution in [3.63, 3.8) is 0 Å². The van der Waals surface area contributed by atoms with Gasteiger partial charge >= 0.3 is 0 Å². The number of hydrogen-bond donors (Lipinski definition) is 1. The highest BCUT2D eigenvalue weighted by molar-refractivity contribution is 6.30. The molecule has 0 aromatic heterocycles. The standard InChI is InChI=1S/C17H18ClNO/c1-13(15-7-3-2-4-8-15)10-17(20)19-12-14-6-5-9-16(18)11-14/h2-9,11,13H,10,12H2,1H3,(H,19,20)/t13-/m0/s1. The largest absolute Gasteiger partial charge is 0.352 e. The molecule has 2 rings (SSSR count). The minimum absolute atomic E-state index is 0.0568. The molecule has 1 amide bonds. The van der Waals surface area contributed by atoms with E-state index in [4.69, 9.17) is 11.6 Å². The fourth-order valence-corrected chi connectivity index (χ4v) is 2.31. The number of halogens is 1. The number of carbonyl (C=O) groups excluding carboxylic acids is 1. The van der Waals surface area contributed by atoms with Gasteiger partial charge in [-0.2, -0.15) is 0 Å². The quantitative estimate of drug-likeness (QED) is 0.879. The topological polar surface area (TPSA) is 29.1 Å². The smallest absolute Gasteiger partial charge is 0.220 e. The van der Waals surface area contributed by atoms with Crippen molar-refractivity contribution in [2.45, 2.75) is 25.8 Å². The van der Waals surface area contributed by atoms with Crippen molar-refractivity contribution in [2.24, 2.45) is 0 Å². The van der Waals surface area contributed by atoms with Crippen LogP contribution < -0.4 is 5.32 Å². The summed E-state index contributed by atoms with van der Waals surface area (Å²) in [6.07, 6.45) is 0.491. The Labute approximate surface area is 124 Å². The van der Waals surface area contributed by atoms with Crippen LogP contribution in [0.2, 0.25) is 5.02 Å². The molecule has 104 valence electrons. The number of amides is 1. The molecule has 0 aliphatic rings. The minimum Gasteiger partial charge on any atom is -0.352 e. The zero-order chi connectivity index (χ0) is 14.4. The van der Waals surface area contributed by atoms with Gasteiger partial charge in [0, 0.05) is 18.0 Å². The van der Waals surface area contributed by atoms with Crippen LogP contribution >= 0.6 is 11.6 Å². The van der Waals surface area contributed by atoms with E-state index in [2.05, 4.69) is 24.4 Å². The van der Waals surface area contributed by atoms with Gasteiger partial charge < -0.3 is 5.32 Å². The SMILES string of the molecule is C[C@@H](CC(=O)NCc1cccc(Cl)c1)c1ccccc1. The molecule has 1 atom stereocenters. The summed E-state index contributed by atoms with van der Waals surface area (Å²) in [6, 6.07) is 17.6. The molecule has 1 N–H and O–H groups in total. The van der Waals surface area contributed by atoms with Crippen molar-refractivity contribution in [3.05, 3.63) is 70.7 Å². The van der Waals surface area contributed by atoms with Crippen molar-refractivity contribution in [3.8, 4) is 0 Å². The van der Waals surface area contributed by atoms with Gasteiger partial charge in [0.15, 0.2) is 0 Å². The molecule has 0 fully saturated rings. The van der Waals surface area contributed by atoms with E-state index < -0.39 is 0 Å². The second kappa shape index (κ2) is 7.11. The Balaban J connectivity index is 1.84. The van der Waals surface area contributed by atoms with Crippen LogP contribution in [0.4, 0.5) is 0 Å². The predicted molar refractivity (Wildman–Crippen MR) is 82.8 cm³/mol. The second-order valence-corrected chi connectivity index (χ2v) is 5.36. The molecule has 0 saturated carbocycles. The van der Waals surface area contributed by atoms with Crippen molar-refractivity contribution < 1.29 is 4.79 Å². The summed E-state index contributed by atoms with van der Waals surface area (Å²) in [5, 5.41) is 3.62. The van der Waals surface area contributed by atoms with E-state index in [1.807, 2.05) is 42.5 Å². The summed E-state index contributed by atoms with van der Waals surface area (Å²) in [5.74, 6) is 0.275. The Morgan fingerprint density at radius 2 is 1.90 bits per heavy atom. The summed E-state index contributed by atoms with van der Waals surface area (Å²) in [4.78, 5) is 11.9. The Morgan fingerprint density at radius 3 is 2.60 bits per heavy atom. The molecule has 0 heterocycles. The minimum atomic E-state index is 0.0568. The Kier molecular flexibility index (Phi) is 5.19. The molecule has 0 spiro atoms. The van der Waals surface area contributed by atoms with Crippen LogP contribution in [0, 0.1) is 0 Å². The van der Waals surface area contributed by atoms with Gasteiger partial charge in [-0.25, -0.2) is 0 Å². The van der Waals surface area contributed by atoms with Crippen LogP contribution in [-0.4, -0.2) is 5.91 Å². The van der Waals surface area contributed by atoms with Crippen LogP contribution in [0.3, 0.4) is 0 Å². The maximum Gasteiger partial charge on any atom is 0.220 e. The molecule has 0 saturated heterocycles. The van der Waals surface area contributed by atoms with E-state index in [1.54, 1.807) is 0 Å². The van der Waals surface area contributed by atoms with Gasteiger partial charge in [-0.15, -0.1) is 0 Å². The first-order chi connectivity index (χ1) is 9.65. The molecule has 0 aliphatic carbocycles. The highest BCUT2D eigenvalue weighted by Gasteiger charge is 2.10. The average molecular weight is 288 g/mol. The van der Waals surface area contributed by atoms with E-state index in [1.165, 1.54) is 5.56 Å². The summed E-state index contributed by atoms with van der Waals surface area (Å²) in [5.41, 5.74) is 2.20. The number of benzene rings is 2. The highest BCUT2D eigenvalue weighted by Crippen LogP contribution is 2.18. The van der Waals surface area contributed by atoms with Crippen LogP contribution in [0.1, 0.15) is 30.4 Å². The molecular formula is C17H18ClNO. The number of carbonyl (C=O) groups is 1. The van der Waals surface area contributed by atoms with Crippen molar-refractivity contribution in [2.75, 3.05) is 0 Å². The molecule has 0 aliphatic heterocycles. The number of rotatable bonds is 5. The molecule has 20 heavy (non-hydrogen) atoms. The van der Waals surface area contributed by atoms with Gasteiger partial charge in [-0.3, -0.25) is 4.79 Å². The third kappa shape index (κ3) is 4.39. The maximum atomic E-state index is 11.9. The Morgan fingerprint density at radius 1 is 1.15 bits per heavy atom. The molecular weight excluding hydrogens is 270 g/mol. The lowest BCUT2D eigenvalue weighted by molar-refractivity contribution is -0.121. The predicted octanol–water partition coefficient (Wildman–Crippen LogP) is 4.15. The molecule has 3 heteroatoms. The monoisotopic (exact) mass is 287 g/mol. The summed E-state index contributed by atoms with van der Waals surface area (Å²) >= 11 is 5.91. The van der Waals surface area contributed by atoms with Crippen LogP contribution in [0.25, 0.3) is 0 Å². The van der Waals surface area contributed by atoms with Crippen molar-refractivity contribution >= 4 is 17.5 Å². The van der Waals surface area contributed by atoms with Gasteiger partial charge in [-0.05, 0) is 29.2 Å². The van der Waals surface area contributed by atoms with Crippen LogP contribution in [0.5, 0.6) is 0 Å². The van der Waals surface area contributed by atoms with E-state index in [0.29, 0.717) is 18.0 Å². The first-order valence-electron chi connectivity index (χ1n) is 6.71. The maximum absolute atomic E-state index is 11.9. The normalized spacial score (nSPS) is 11.9. The van der Waals surface area contributed by atoms with Crippen molar-refractivity contribution in [1.29, 1.82) is 0 Å². The third-order valence-corrected chi connectivity index (χ3v) is 3.47. The second-order valence-electron chi connectivity index (χ2n) is 4.92. The Bertz CT molecular complexity index is 568. The van der Waals surface area contributed by atoms with Gasteiger partial charge in [0.1, 0.15) is 0 Å². The molecule has 0 radical (unpaired) electrons. The summed E-state index contributed by atoms with van der Waals surface area (Å²) in [6.45, 7) is 2.58. The van der Waals surface area contributed by atoms with Gasteiger partial charge in [-0.1, -0.05) is 61.0 Å². The van der Waals surface area contributed by atoms with E-state index >= 15 is 0 Å². The lowest BCUT2D eigenvalue weighted by Crippen LogP contribution is -2.24. The van der Waals surface area contributed by atoms with E-state index in [9.17, 15) is 4.79 Å². The van der Waals surface area contributed by atoms with Gasteiger partial charge in [0.25, 0.3) is 0 Å². The van der Waals surface area contributed by atoms with Gasteiger partial charge in [0.05, 0.1) is 0 Å². The third-order valence-electron chi connectivity index (χ3n) is 3.24. The van der Waals surface area contributed by atoms with Crippen molar-refractivity contribution in [1.82, 2.24) is 5.32 Å². The number of hydrogen-bond acceptors (Lipinski definition) is 1. The lowest BCUT2D eigenvalue weighted by atomic mass is 9.97. The first-order valence-corrected chi connectivity index (χ1v) is 7.09. The fourth-order valence-electron chi connectivity index (χ4n) is 2.10. The highest BCUT2D eigenvalue weighted by atomic mass is 35.5. The molecule has 0 unspecified atom stereocenters. The molecule has 0 bridgehead atoms. The average Bonchev–Trinajstić information content (AvgIpc) is 2.46. The fraction of sp³-hybridized carbons (Fsp3) is 0.235. The lowest BCUT2D eigenvalue weighted by Gasteiger charge is -2.12. The summed E-state index contributed by atoms with van der Waals surface area (Å²) in [7, 11) is 0. The zero-order valence-corrected chi connectivity index (χ0v) is 12.2. The summed E-state index contributed by atoms with van der Waals surface area (Å²) < 4.78 is 0. The van der Waals surface area contributed by atoms with E-state index in [0.717, 1.165) is 5.56 Å².